The molecule has 0 aliphatic heterocycles. The van der Waals surface area contributed by atoms with E-state index in [-0.39, 0.29) is 11.8 Å². The minimum atomic E-state index is 0.0308. The number of amides is 2. The smallest absolute Gasteiger partial charge is 0.275 e. The summed E-state index contributed by atoms with van der Waals surface area (Å²) < 4.78 is 0. The minimum absolute atomic E-state index is 0.0308. The van der Waals surface area contributed by atoms with Crippen molar-refractivity contribution in [2.75, 3.05) is 33.2 Å². The van der Waals surface area contributed by atoms with E-state index in [1.807, 2.05) is 14.0 Å². The molecular weight excluding hydrogens is 302 g/mol. The maximum absolute atomic E-state index is 12.3. The maximum atomic E-state index is 12.3. The van der Waals surface area contributed by atoms with Crippen LogP contribution in [0.5, 0.6) is 0 Å². The average molecular weight is 337 g/mol. The summed E-state index contributed by atoms with van der Waals surface area (Å²) in [5.74, 6) is 2.88. The SMILES string of the molecule is CCCNC(=O)C[NH+](C)CC(=O)NCC12CC3CC(CC(C3)C1)C2. The molecule has 0 aromatic carbocycles. The Bertz CT molecular complexity index is 442. The summed E-state index contributed by atoms with van der Waals surface area (Å²) in [4.78, 5) is 24.9. The first-order chi connectivity index (χ1) is 11.5. The standard InChI is InChI=1S/C19H33N3O2/c1-3-4-20-17(23)11-22(2)12-18(24)21-13-19-8-14-5-15(9-19)7-16(6-14)10-19/h14-16H,3-13H2,1-2H3,(H,20,23)(H,21,24)/p+1. The lowest BCUT2D eigenvalue weighted by Gasteiger charge is -2.56. The van der Waals surface area contributed by atoms with Gasteiger partial charge in [0.15, 0.2) is 13.1 Å². The van der Waals surface area contributed by atoms with Gasteiger partial charge in [-0.25, -0.2) is 0 Å². The molecule has 4 aliphatic rings. The molecular formula is C19H34N3O2+. The molecule has 0 aromatic rings. The van der Waals surface area contributed by atoms with Crippen LogP contribution in [-0.4, -0.2) is 45.0 Å². The highest BCUT2D eigenvalue weighted by Gasteiger charge is 2.50. The van der Waals surface area contributed by atoms with Crippen molar-refractivity contribution in [2.24, 2.45) is 23.2 Å². The molecule has 0 aromatic heterocycles. The van der Waals surface area contributed by atoms with E-state index in [4.69, 9.17) is 0 Å². The first-order valence-corrected chi connectivity index (χ1v) is 9.83. The van der Waals surface area contributed by atoms with E-state index in [2.05, 4.69) is 10.6 Å². The first kappa shape index (κ1) is 17.7. The van der Waals surface area contributed by atoms with Gasteiger partial charge in [0.2, 0.25) is 0 Å². The number of carbonyl (C=O) groups is 2. The summed E-state index contributed by atoms with van der Waals surface area (Å²) in [6, 6.07) is 0. The fourth-order valence-corrected chi connectivity index (χ4v) is 5.79. The number of hydrogen-bond acceptors (Lipinski definition) is 2. The van der Waals surface area contributed by atoms with Gasteiger partial charge in [0.25, 0.3) is 11.8 Å². The predicted octanol–water partition coefficient (Wildman–Crippen LogP) is 0.360. The third-order valence-corrected chi connectivity index (χ3v) is 6.32. The first-order valence-electron chi connectivity index (χ1n) is 9.83. The molecule has 4 bridgehead atoms. The van der Waals surface area contributed by atoms with Crippen molar-refractivity contribution < 1.29 is 14.5 Å². The second-order valence-corrected chi connectivity index (χ2v) is 8.85. The van der Waals surface area contributed by atoms with Crippen molar-refractivity contribution >= 4 is 11.8 Å². The average Bonchev–Trinajstić information content (AvgIpc) is 2.49. The van der Waals surface area contributed by atoms with Crippen molar-refractivity contribution in [3.8, 4) is 0 Å². The van der Waals surface area contributed by atoms with Gasteiger partial charge in [0.05, 0.1) is 7.05 Å². The highest BCUT2D eigenvalue weighted by atomic mass is 16.2. The van der Waals surface area contributed by atoms with Crippen LogP contribution in [0.1, 0.15) is 51.9 Å². The van der Waals surface area contributed by atoms with Gasteiger partial charge >= 0.3 is 0 Å². The van der Waals surface area contributed by atoms with Crippen LogP contribution >= 0.6 is 0 Å². The second kappa shape index (κ2) is 7.42. The van der Waals surface area contributed by atoms with Gasteiger partial charge in [-0.2, -0.15) is 0 Å². The Balaban J connectivity index is 1.40. The third kappa shape index (κ3) is 4.29. The molecule has 3 N–H and O–H groups in total. The highest BCUT2D eigenvalue weighted by Crippen LogP contribution is 2.59. The number of likely N-dealkylation sites (N-methyl/N-ethyl adjacent to an activating group) is 1. The molecule has 0 radical (unpaired) electrons. The van der Waals surface area contributed by atoms with Crippen molar-refractivity contribution in [2.45, 2.75) is 51.9 Å². The minimum Gasteiger partial charge on any atom is -0.351 e. The van der Waals surface area contributed by atoms with Crippen LogP contribution in [0.2, 0.25) is 0 Å². The molecule has 4 rings (SSSR count). The Hall–Kier alpha value is -1.10. The zero-order valence-electron chi connectivity index (χ0n) is 15.3. The molecule has 1 atom stereocenters. The van der Waals surface area contributed by atoms with E-state index >= 15 is 0 Å². The Morgan fingerprint density at radius 3 is 1.96 bits per heavy atom. The van der Waals surface area contributed by atoms with Crippen molar-refractivity contribution in [3.05, 3.63) is 0 Å². The summed E-state index contributed by atoms with van der Waals surface area (Å²) in [7, 11) is 1.91. The molecule has 2 amide bonds. The lowest BCUT2D eigenvalue weighted by molar-refractivity contribution is -0.862. The van der Waals surface area contributed by atoms with Crippen molar-refractivity contribution in [1.29, 1.82) is 0 Å². The Morgan fingerprint density at radius 2 is 1.46 bits per heavy atom. The molecule has 5 nitrogen and oxygen atoms in total. The van der Waals surface area contributed by atoms with Crippen LogP contribution in [0.4, 0.5) is 0 Å². The molecule has 136 valence electrons. The number of nitrogens with one attached hydrogen (secondary N) is 3. The summed E-state index contributed by atoms with van der Waals surface area (Å²) >= 11 is 0. The fraction of sp³-hybridized carbons (Fsp3) is 0.895. The largest absolute Gasteiger partial charge is 0.351 e. The van der Waals surface area contributed by atoms with Crippen LogP contribution in [0.15, 0.2) is 0 Å². The van der Waals surface area contributed by atoms with Crippen LogP contribution < -0.4 is 15.5 Å². The number of hydrogen-bond donors (Lipinski definition) is 3. The molecule has 1 unspecified atom stereocenters. The summed E-state index contributed by atoms with van der Waals surface area (Å²) in [5.41, 5.74) is 0.386. The monoisotopic (exact) mass is 336 g/mol. The molecule has 4 aliphatic carbocycles. The van der Waals surface area contributed by atoms with Gasteiger partial charge in [-0.1, -0.05) is 6.92 Å². The Morgan fingerprint density at radius 1 is 0.958 bits per heavy atom. The number of quaternary nitrogens is 1. The number of rotatable bonds is 8. The van der Waals surface area contributed by atoms with Crippen molar-refractivity contribution in [1.82, 2.24) is 10.6 Å². The lowest BCUT2D eigenvalue weighted by atomic mass is 9.49. The molecule has 5 heteroatoms. The third-order valence-electron chi connectivity index (χ3n) is 6.32. The molecule has 0 saturated heterocycles. The van der Waals surface area contributed by atoms with Crippen LogP contribution in [0.3, 0.4) is 0 Å². The summed E-state index contributed by atoms with van der Waals surface area (Å²) in [5, 5.41) is 6.06. The highest BCUT2D eigenvalue weighted by molar-refractivity contribution is 5.78. The van der Waals surface area contributed by atoms with Gasteiger partial charge in [-0.05, 0) is 68.1 Å². The zero-order chi connectivity index (χ0) is 17.2. The quantitative estimate of drug-likeness (QED) is 0.599. The van der Waals surface area contributed by atoms with Gasteiger partial charge in [0, 0.05) is 13.1 Å². The molecule has 0 spiro atoms. The Kier molecular flexibility index (Phi) is 5.48. The van der Waals surface area contributed by atoms with E-state index in [1.165, 1.54) is 38.5 Å². The molecule has 4 saturated carbocycles. The summed E-state index contributed by atoms with van der Waals surface area (Å²) in [6.07, 6.45) is 9.22. The topological polar surface area (TPSA) is 62.6 Å². The molecule has 0 heterocycles. The normalized spacial score (nSPS) is 34.8. The molecule has 24 heavy (non-hydrogen) atoms. The van der Waals surface area contributed by atoms with E-state index in [0.29, 0.717) is 25.0 Å². The number of carbonyl (C=O) groups excluding carboxylic acids is 2. The van der Waals surface area contributed by atoms with Crippen LogP contribution in [0.25, 0.3) is 0 Å². The maximum Gasteiger partial charge on any atom is 0.275 e. The lowest BCUT2D eigenvalue weighted by Crippen LogP contribution is -3.11. The van der Waals surface area contributed by atoms with E-state index < -0.39 is 0 Å². The second-order valence-electron chi connectivity index (χ2n) is 8.85. The zero-order valence-corrected chi connectivity index (χ0v) is 15.3. The van der Waals surface area contributed by atoms with Gasteiger partial charge < -0.3 is 15.5 Å². The summed E-state index contributed by atoms with van der Waals surface area (Å²) in [6.45, 7) is 4.35. The van der Waals surface area contributed by atoms with E-state index in [9.17, 15) is 9.59 Å². The van der Waals surface area contributed by atoms with E-state index in [1.54, 1.807) is 0 Å². The van der Waals surface area contributed by atoms with Gasteiger partial charge in [-0.3, -0.25) is 9.59 Å². The van der Waals surface area contributed by atoms with Crippen molar-refractivity contribution in [3.63, 3.8) is 0 Å². The molecule has 4 fully saturated rings. The van der Waals surface area contributed by atoms with Crippen LogP contribution in [0, 0.1) is 23.2 Å². The van der Waals surface area contributed by atoms with E-state index in [0.717, 1.165) is 35.6 Å². The Labute approximate surface area is 145 Å². The fourth-order valence-electron chi connectivity index (χ4n) is 5.79. The van der Waals surface area contributed by atoms with Crippen LogP contribution in [-0.2, 0) is 9.59 Å². The van der Waals surface area contributed by atoms with Gasteiger partial charge in [0.1, 0.15) is 0 Å². The van der Waals surface area contributed by atoms with Gasteiger partial charge in [-0.15, -0.1) is 0 Å². The predicted molar refractivity (Wildman–Crippen MR) is 93.5 cm³/mol.